The number of hydrogen-bond donors (Lipinski definition) is 1. The van der Waals surface area contributed by atoms with Gasteiger partial charge in [-0.1, -0.05) is 41.4 Å². The summed E-state index contributed by atoms with van der Waals surface area (Å²) in [7, 11) is 0. The smallest absolute Gasteiger partial charge is 0.338 e. The summed E-state index contributed by atoms with van der Waals surface area (Å²) in [6, 6.07) is 11.9. The maximum absolute atomic E-state index is 12.8. The molecule has 25 heavy (non-hydrogen) atoms. The zero-order chi connectivity index (χ0) is 18.1. The number of halogens is 2. The van der Waals surface area contributed by atoms with Crippen LogP contribution >= 0.6 is 23.2 Å². The number of rotatable bonds is 4. The van der Waals surface area contributed by atoms with Gasteiger partial charge in [-0.2, -0.15) is 0 Å². The van der Waals surface area contributed by atoms with E-state index in [0.717, 1.165) is 16.6 Å². The fraction of sp³-hybridized carbons (Fsp3) is 0.158. The van der Waals surface area contributed by atoms with E-state index in [2.05, 4.69) is 4.98 Å². The lowest BCUT2D eigenvalue weighted by Gasteiger charge is -2.13. The van der Waals surface area contributed by atoms with Gasteiger partial charge in [0, 0.05) is 32.2 Å². The zero-order valence-electron chi connectivity index (χ0n) is 13.6. The number of carbonyl (C=O) groups excluding carboxylic acids is 2. The monoisotopic (exact) mass is 375 g/mol. The summed E-state index contributed by atoms with van der Waals surface area (Å²) in [5.41, 5.74) is 2.33. The number of nitrogens with one attached hydrogen (secondary N) is 1. The first-order valence-electron chi connectivity index (χ1n) is 7.65. The Kier molecular flexibility index (Phi) is 4.84. The highest BCUT2D eigenvalue weighted by Gasteiger charge is 2.25. The molecule has 6 heteroatoms. The molecule has 0 aliphatic rings. The zero-order valence-corrected chi connectivity index (χ0v) is 15.1. The van der Waals surface area contributed by atoms with E-state index >= 15 is 0 Å². The molecule has 3 aromatic rings. The Hall–Kier alpha value is -2.30. The summed E-state index contributed by atoms with van der Waals surface area (Å²) in [6.07, 6.45) is -0.942. The molecule has 0 aliphatic heterocycles. The highest BCUT2D eigenvalue weighted by molar-refractivity contribution is 6.35. The van der Waals surface area contributed by atoms with Crippen molar-refractivity contribution in [1.82, 2.24) is 4.98 Å². The summed E-state index contributed by atoms with van der Waals surface area (Å²) < 4.78 is 5.32. The van der Waals surface area contributed by atoms with Crippen molar-refractivity contribution in [2.75, 3.05) is 0 Å². The molecule has 0 saturated heterocycles. The van der Waals surface area contributed by atoms with Gasteiger partial charge in [-0.15, -0.1) is 0 Å². The van der Waals surface area contributed by atoms with Crippen molar-refractivity contribution in [3.05, 3.63) is 69.3 Å². The van der Waals surface area contributed by atoms with E-state index in [1.54, 1.807) is 6.92 Å². The van der Waals surface area contributed by atoms with Gasteiger partial charge in [-0.05, 0) is 38.1 Å². The molecule has 0 spiro atoms. The molecule has 0 amide bonds. The van der Waals surface area contributed by atoms with E-state index in [9.17, 15) is 9.59 Å². The molecular formula is C19H15Cl2NO3. The number of ether oxygens (including phenoxy) is 1. The summed E-state index contributed by atoms with van der Waals surface area (Å²) >= 11 is 11.8. The first-order valence-corrected chi connectivity index (χ1v) is 8.41. The number of fused-ring (bicyclic) bond motifs is 1. The first-order chi connectivity index (χ1) is 11.9. The minimum Gasteiger partial charge on any atom is -0.451 e. The number of ketones is 1. The van der Waals surface area contributed by atoms with E-state index in [-0.39, 0.29) is 11.3 Å². The van der Waals surface area contributed by atoms with Gasteiger partial charge < -0.3 is 9.72 Å². The predicted octanol–water partition coefficient (Wildman–Crippen LogP) is 5.21. The van der Waals surface area contributed by atoms with E-state index in [4.69, 9.17) is 27.9 Å². The lowest BCUT2D eigenvalue weighted by Crippen LogP contribution is -2.25. The second-order valence-corrected chi connectivity index (χ2v) is 6.61. The molecule has 128 valence electrons. The van der Waals surface area contributed by atoms with Crippen LogP contribution in [0.3, 0.4) is 0 Å². The Morgan fingerprint density at radius 1 is 1.08 bits per heavy atom. The summed E-state index contributed by atoms with van der Waals surface area (Å²) in [4.78, 5) is 28.2. The molecule has 1 N–H and O–H groups in total. The number of carbonyl (C=O) groups is 2. The number of aromatic nitrogens is 1. The number of aromatic amines is 1. The van der Waals surface area contributed by atoms with Crippen LogP contribution in [0.2, 0.25) is 10.0 Å². The molecule has 4 nitrogen and oxygen atoms in total. The van der Waals surface area contributed by atoms with Crippen molar-refractivity contribution < 1.29 is 14.3 Å². The highest BCUT2D eigenvalue weighted by atomic mass is 35.5. The van der Waals surface area contributed by atoms with Crippen LogP contribution in [0, 0.1) is 6.92 Å². The maximum atomic E-state index is 12.8. The van der Waals surface area contributed by atoms with Gasteiger partial charge in [0.15, 0.2) is 6.10 Å². The molecule has 0 aliphatic carbocycles. The third-order valence-corrected chi connectivity index (χ3v) is 4.33. The molecular weight excluding hydrogens is 361 g/mol. The fourth-order valence-electron chi connectivity index (χ4n) is 2.75. The minimum atomic E-state index is -0.942. The lowest BCUT2D eigenvalue weighted by atomic mass is 10.0. The molecule has 0 bridgehead atoms. The van der Waals surface area contributed by atoms with Crippen LogP contribution in [0.5, 0.6) is 0 Å². The standard InChI is InChI=1S/C19H15Cl2NO3/c1-10-17(15-5-3-4-6-16(15)22-10)18(23)11(2)25-19(24)12-7-13(20)9-14(21)8-12/h3-9,11,22H,1-2H3/t11-/m1/s1. The lowest BCUT2D eigenvalue weighted by molar-refractivity contribution is 0.0319. The van der Waals surface area contributed by atoms with Gasteiger partial charge >= 0.3 is 5.97 Å². The van der Waals surface area contributed by atoms with Crippen molar-refractivity contribution in [3.8, 4) is 0 Å². The van der Waals surface area contributed by atoms with Crippen LogP contribution in [0.4, 0.5) is 0 Å². The third-order valence-electron chi connectivity index (χ3n) is 3.89. The molecule has 0 fully saturated rings. The van der Waals surface area contributed by atoms with Crippen molar-refractivity contribution in [1.29, 1.82) is 0 Å². The van der Waals surface area contributed by atoms with Gasteiger partial charge in [0.05, 0.1) is 5.56 Å². The number of Topliss-reactive ketones (excluding diaryl/α,β-unsaturated/α-hetero) is 1. The quantitative estimate of drug-likeness (QED) is 0.502. The molecule has 1 aromatic heterocycles. The number of esters is 1. The number of hydrogen-bond acceptors (Lipinski definition) is 3. The van der Waals surface area contributed by atoms with Crippen LogP contribution in [0.25, 0.3) is 10.9 Å². The highest BCUT2D eigenvalue weighted by Crippen LogP contribution is 2.25. The summed E-state index contributed by atoms with van der Waals surface area (Å²) in [5, 5.41) is 1.45. The van der Waals surface area contributed by atoms with E-state index in [1.807, 2.05) is 31.2 Å². The average Bonchev–Trinajstić information content (AvgIpc) is 2.88. The SMILES string of the molecule is Cc1[nH]c2ccccc2c1C(=O)[C@@H](C)OC(=O)c1cc(Cl)cc(Cl)c1. The second kappa shape index (κ2) is 6.90. The number of aryl methyl sites for hydroxylation is 1. The van der Waals surface area contributed by atoms with E-state index in [1.165, 1.54) is 18.2 Å². The molecule has 1 atom stereocenters. The third kappa shape index (κ3) is 3.55. The molecule has 0 saturated carbocycles. The van der Waals surface area contributed by atoms with Crippen molar-refractivity contribution in [2.45, 2.75) is 20.0 Å². The van der Waals surface area contributed by atoms with Crippen LogP contribution in [-0.2, 0) is 4.74 Å². The molecule has 2 aromatic carbocycles. The van der Waals surface area contributed by atoms with Crippen LogP contribution in [-0.4, -0.2) is 22.8 Å². The van der Waals surface area contributed by atoms with Gasteiger partial charge in [0.25, 0.3) is 0 Å². The Bertz CT molecular complexity index is 958. The molecule has 3 rings (SSSR count). The largest absolute Gasteiger partial charge is 0.451 e. The van der Waals surface area contributed by atoms with E-state index in [0.29, 0.717) is 15.6 Å². The Morgan fingerprint density at radius 2 is 1.72 bits per heavy atom. The van der Waals surface area contributed by atoms with Crippen molar-refractivity contribution in [3.63, 3.8) is 0 Å². The Morgan fingerprint density at radius 3 is 2.40 bits per heavy atom. The van der Waals surface area contributed by atoms with Gasteiger partial charge in [-0.3, -0.25) is 4.79 Å². The van der Waals surface area contributed by atoms with Gasteiger partial charge in [0.2, 0.25) is 5.78 Å². The fourth-order valence-corrected chi connectivity index (χ4v) is 3.28. The normalized spacial score (nSPS) is 12.2. The number of para-hydroxylation sites is 1. The summed E-state index contributed by atoms with van der Waals surface area (Å²) in [6.45, 7) is 3.37. The van der Waals surface area contributed by atoms with Crippen molar-refractivity contribution in [2.24, 2.45) is 0 Å². The predicted molar refractivity (Wildman–Crippen MR) is 98.7 cm³/mol. The van der Waals surface area contributed by atoms with Gasteiger partial charge in [0.1, 0.15) is 0 Å². The molecule has 1 heterocycles. The Balaban J connectivity index is 1.85. The minimum absolute atomic E-state index is 0.202. The average molecular weight is 376 g/mol. The topological polar surface area (TPSA) is 59.2 Å². The number of H-pyrrole nitrogens is 1. The second-order valence-electron chi connectivity index (χ2n) is 5.74. The molecule has 0 unspecified atom stereocenters. The summed E-state index contributed by atoms with van der Waals surface area (Å²) in [5.74, 6) is -0.917. The van der Waals surface area contributed by atoms with Gasteiger partial charge in [-0.25, -0.2) is 4.79 Å². The van der Waals surface area contributed by atoms with Crippen LogP contribution in [0.1, 0.15) is 33.3 Å². The number of benzene rings is 2. The van der Waals surface area contributed by atoms with E-state index < -0.39 is 12.1 Å². The maximum Gasteiger partial charge on any atom is 0.338 e. The van der Waals surface area contributed by atoms with Crippen LogP contribution < -0.4 is 0 Å². The van der Waals surface area contributed by atoms with Crippen molar-refractivity contribution >= 4 is 45.9 Å². The molecule has 0 radical (unpaired) electrons. The van der Waals surface area contributed by atoms with Crippen LogP contribution in [0.15, 0.2) is 42.5 Å². The Labute approximate surface area is 154 Å². The first kappa shape index (κ1) is 17.5.